The van der Waals surface area contributed by atoms with Gasteiger partial charge in [-0.15, -0.1) is 10.2 Å². The molecule has 0 aliphatic carbocycles. The van der Waals surface area contributed by atoms with Crippen molar-refractivity contribution in [3.8, 4) is 5.82 Å². The number of hydrogen-bond donors (Lipinski definition) is 1. The number of aromatic nitrogens is 4. The van der Waals surface area contributed by atoms with E-state index < -0.39 is 10.0 Å². The maximum atomic E-state index is 12.5. The molecule has 0 unspecified atom stereocenters. The van der Waals surface area contributed by atoms with Crippen molar-refractivity contribution < 1.29 is 17.9 Å². The Morgan fingerprint density at radius 1 is 1.32 bits per heavy atom. The zero-order valence-electron chi connectivity index (χ0n) is 15.3. The molecule has 0 bridgehead atoms. The first-order valence-electron chi connectivity index (χ1n) is 8.69. The van der Waals surface area contributed by atoms with Crippen LogP contribution in [0.3, 0.4) is 0 Å². The van der Waals surface area contributed by atoms with E-state index in [2.05, 4.69) is 20.5 Å². The predicted molar refractivity (Wildman–Crippen MR) is 102 cm³/mol. The average Bonchev–Trinajstić information content (AvgIpc) is 3.21. The Bertz CT molecular complexity index is 913. The van der Waals surface area contributed by atoms with Gasteiger partial charge in [0.05, 0.1) is 22.9 Å². The first-order valence-corrected chi connectivity index (χ1v) is 10.7. The number of methoxy groups -OCH3 is 1. The lowest BCUT2D eigenvalue weighted by molar-refractivity contribution is 0.0923. The molecule has 1 N–H and O–H groups in total. The normalized spacial score (nSPS) is 16.2. The predicted octanol–water partition coefficient (Wildman–Crippen LogP) is 0.486. The van der Waals surface area contributed by atoms with Crippen LogP contribution in [-0.2, 0) is 14.8 Å². The zero-order valence-corrected chi connectivity index (χ0v) is 16.9. The quantitative estimate of drug-likeness (QED) is 0.681. The molecular formula is C16H21ClN6O4S. The highest BCUT2D eigenvalue weighted by molar-refractivity contribution is 7.89. The number of halogens is 1. The third-order valence-electron chi connectivity index (χ3n) is 4.48. The van der Waals surface area contributed by atoms with Crippen molar-refractivity contribution in [2.45, 2.75) is 18.9 Å². The second kappa shape index (κ2) is 8.95. The lowest BCUT2D eigenvalue weighted by Crippen LogP contribution is -2.47. The van der Waals surface area contributed by atoms with Crippen molar-refractivity contribution in [3.05, 3.63) is 35.5 Å². The van der Waals surface area contributed by atoms with Crippen LogP contribution in [0.5, 0.6) is 0 Å². The summed E-state index contributed by atoms with van der Waals surface area (Å²) >= 11 is 6.22. The Labute approximate surface area is 167 Å². The summed E-state index contributed by atoms with van der Waals surface area (Å²) in [5.74, 6) is 0.0897. The van der Waals surface area contributed by atoms with Crippen LogP contribution in [0.2, 0.25) is 5.02 Å². The highest BCUT2D eigenvalue weighted by atomic mass is 35.5. The Kier molecular flexibility index (Phi) is 6.60. The van der Waals surface area contributed by atoms with Gasteiger partial charge in [0.1, 0.15) is 12.7 Å². The summed E-state index contributed by atoms with van der Waals surface area (Å²) in [7, 11) is -1.86. The molecule has 12 heteroatoms. The lowest BCUT2D eigenvalue weighted by atomic mass is 10.1. The van der Waals surface area contributed by atoms with E-state index in [0.717, 1.165) is 0 Å². The summed E-state index contributed by atoms with van der Waals surface area (Å²) in [5.41, 5.74) is 0.331. The fraction of sp³-hybridized carbons (Fsp3) is 0.500. The molecule has 1 aliphatic rings. The summed E-state index contributed by atoms with van der Waals surface area (Å²) in [5, 5.41) is 10.6. The topological polar surface area (TPSA) is 119 Å². The van der Waals surface area contributed by atoms with Crippen molar-refractivity contribution >= 4 is 27.5 Å². The first kappa shape index (κ1) is 20.6. The summed E-state index contributed by atoms with van der Waals surface area (Å²) in [4.78, 5) is 16.7. The highest BCUT2D eigenvalue weighted by Gasteiger charge is 2.28. The molecular weight excluding hydrogens is 408 g/mol. The number of amides is 1. The molecule has 1 amide bonds. The third kappa shape index (κ3) is 4.85. The van der Waals surface area contributed by atoms with Crippen LogP contribution in [0.4, 0.5) is 0 Å². The van der Waals surface area contributed by atoms with Crippen LogP contribution >= 0.6 is 11.6 Å². The molecule has 1 aliphatic heterocycles. The van der Waals surface area contributed by atoms with Gasteiger partial charge in [-0.2, -0.15) is 0 Å². The Balaban J connectivity index is 1.57. The molecule has 2 aromatic rings. The number of nitrogens with zero attached hydrogens (tertiary/aromatic N) is 5. The van der Waals surface area contributed by atoms with Gasteiger partial charge in [0.2, 0.25) is 10.0 Å². The third-order valence-corrected chi connectivity index (χ3v) is 6.59. The largest absolute Gasteiger partial charge is 0.384 e. The van der Waals surface area contributed by atoms with Gasteiger partial charge < -0.3 is 10.1 Å². The molecule has 152 valence electrons. The average molecular weight is 429 g/mol. The molecule has 0 aromatic carbocycles. The number of pyridine rings is 1. The molecule has 3 heterocycles. The van der Waals surface area contributed by atoms with Gasteiger partial charge in [0.25, 0.3) is 5.91 Å². The fourth-order valence-corrected chi connectivity index (χ4v) is 4.59. The van der Waals surface area contributed by atoms with E-state index in [1.165, 1.54) is 36.3 Å². The summed E-state index contributed by atoms with van der Waals surface area (Å²) in [6.45, 7) is 0.892. The van der Waals surface area contributed by atoms with Gasteiger partial charge >= 0.3 is 0 Å². The van der Waals surface area contributed by atoms with Gasteiger partial charge in [0, 0.05) is 32.4 Å². The standard InChI is InChI=1S/C16H21ClN6O4S/c1-27-6-7-28(25,26)23-4-2-13(3-5-23)21-16(24)12-8-14(17)15(18-9-12)22-10-19-20-11-22/h8-11,13H,2-7H2,1H3,(H,21,24). The number of carbonyl (C=O) groups is 1. The van der Waals surface area contributed by atoms with E-state index in [9.17, 15) is 13.2 Å². The van der Waals surface area contributed by atoms with Crippen LogP contribution < -0.4 is 5.32 Å². The van der Waals surface area contributed by atoms with Crippen molar-refractivity contribution in [2.75, 3.05) is 32.6 Å². The summed E-state index contributed by atoms with van der Waals surface area (Å²) in [6.07, 6.45) is 5.43. The zero-order chi connectivity index (χ0) is 20.1. The number of ether oxygens (including phenoxy) is 1. The van der Waals surface area contributed by atoms with Crippen molar-refractivity contribution in [1.29, 1.82) is 0 Å². The van der Waals surface area contributed by atoms with E-state index in [1.807, 2.05) is 0 Å². The lowest BCUT2D eigenvalue weighted by Gasteiger charge is -2.31. The molecule has 0 atom stereocenters. The molecule has 1 saturated heterocycles. The van der Waals surface area contributed by atoms with E-state index in [4.69, 9.17) is 16.3 Å². The minimum Gasteiger partial charge on any atom is -0.384 e. The number of piperidine rings is 1. The van der Waals surface area contributed by atoms with Gasteiger partial charge in [-0.25, -0.2) is 17.7 Å². The number of hydrogen-bond acceptors (Lipinski definition) is 7. The molecule has 2 aromatic heterocycles. The number of rotatable bonds is 7. The van der Waals surface area contributed by atoms with Crippen molar-refractivity contribution in [2.24, 2.45) is 0 Å². The molecule has 0 spiro atoms. The van der Waals surface area contributed by atoms with Gasteiger partial charge in [-0.3, -0.25) is 9.36 Å². The Hall–Kier alpha value is -2.08. The minimum atomic E-state index is -3.33. The molecule has 10 nitrogen and oxygen atoms in total. The molecule has 3 rings (SSSR count). The van der Waals surface area contributed by atoms with Crippen LogP contribution in [0.25, 0.3) is 5.82 Å². The van der Waals surface area contributed by atoms with Crippen molar-refractivity contribution in [3.63, 3.8) is 0 Å². The van der Waals surface area contributed by atoms with Gasteiger partial charge in [-0.05, 0) is 18.9 Å². The fourth-order valence-electron chi connectivity index (χ4n) is 2.92. The number of sulfonamides is 1. The molecule has 0 saturated carbocycles. The maximum Gasteiger partial charge on any atom is 0.253 e. The van der Waals surface area contributed by atoms with Gasteiger partial charge in [0.15, 0.2) is 5.82 Å². The summed E-state index contributed by atoms with van der Waals surface area (Å²) < 4.78 is 32.2. The second-order valence-corrected chi connectivity index (χ2v) is 8.85. The van der Waals surface area contributed by atoms with E-state index in [0.29, 0.717) is 42.3 Å². The van der Waals surface area contributed by atoms with Gasteiger partial charge in [-0.1, -0.05) is 11.6 Å². The van der Waals surface area contributed by atoms with Crippen LogP contribution in [0.15, 0.2) is 24.9 Å². The van der Waals surface area contributed by atoms with Crippen LogP contribution in [-0.4, -0.2) is 77.0 Å². The molecule has 1 fully saturated rings. The van der Waals surface area contributed by atoms with E-state index in [1.54, 1.807) is 4.57 Å². The van der Waals surface area contributed by atoms with Crippen LogP contribution in [0, 0.1) is 0 Å². The highest BCUT2D eigenvalue weighted by Crippen LogP contribution is 2.20. The molecule has 28 heavy (non-hydrogen) atoms. The monoisotopic (exact) mass is 428 g/mol. The minimum absolute atomic E-state index is 0.0382. The van der Waals surface area contributed by atoms with Crippen molar-refractivity contribution in [1.82, 2.24) is 29.4 Å². The van der Waals surface area contributed by atoms with Crippen LogP contribution in [0.1, 0.15) is 23.2 Å². The Morgan fingerprint density at radius 2 is 2.00 bits per heavy atom. The summed E-state index contributed by atoms with van der Waals surface area (Å²) in [6, 6.07) is 1.42. The number of nitrogens with one attached hydrogen (secondary N) is 1. The SMILES string of the molecule is COCCS(=O)(=O)N1CCC(NC(=O)c2cnc(-n3cnnc3)c(Cl)c2)CC1. The van der Waals surface area contributed by atoms with E-state index >= 15 is 0 Å². The first-order chi connectivity index (χ1) is 13.4. The van der Waals surface area contributed by atoms with E-state index in [-0.39, 0.29) is 24.3 Å². The smallest absolute Gasteiger partial charge is 0.253 e. The molecule has 0 radical (unpaired) electrons. The maximum absolute atomic E-state index is 12.5. The Morgan fingerprint density at radius 3 is 2.61 bits per heavy atom. The number of carbonyl (C=O) groups excluding carboxylic acids is 1. The second-order valence-electron chi connectivity index (χ2n) is 6.35.